The molecular formula is C58H108N2O6P+. The molecule has 0 saturated carbocycles. The lowest BCUT2D eigenvalue weighted by Crippen LogP contribution is -2.45. The van der Waals surface area contributed by atoms with Gasteiger partial charge in [-0.05, 0) is 44.9 Å². The highest BCUT2D eigenvalue weighted by atomic mass is 31.2. The predicted molar refractivity (Wildman–Crippen MR) is 290 cm³/mol. The number of carbonyl (C=O) groups is 1. The minimum Gasteiger partial charge on any atom is -0.387 e. The maximum atomic E-state index is 12.9. The Morgan fingerprint density at radius 3 is 1.25 bits per heavy atom. The number of phosphoric ester groups is 1. The molecule has 8 nitrogen and oxygen atoms in total. The molecule has 3 atom stereocenters. The van der Waals surface area contributed by atoms with Crippen LogP contribution in [0, 0.1) is 0 Å². The Morgan fingerprint density at radius 1 is 0.522 bits per heavy atom. The van der Waals surface area contributed by atoms with Crippen molar-refractivity contribution in [1.29, 1.82) is 0 Å². The molecule has 1 amide bonds. The summed E-state index contributed by atoms with van der Waals surface area (Å²) in [6.07, 6.45) is 67.7. The number of hydrogen-bond acceptors (Lipinski definition) is 5. The quantitative estimate of drug-likeness (QED) is 0.0243. The van der Waals surface area contributed by atoms with Crippen molar-refractivity contribution in [3.8, 4) is 0 Å². The second kappa shape index (κ2) is 48.9. The third-order valence-electron chi connectivity index (χ3n) is 12.2. The Balaban J connectivity index is 4.21. The Bertz CT molecular complexity index is 1320. The number of carbonyl (C=O) groups excluding carboxylic acids is 1. The Labute approximate surface area is 414 Å². The monoisotopic (exact) mass is 960 g/mol. The number of aliphatic hydroxyl groups is 1. The van der Waals surface area contributed by atoms with Gasteiger partial charge in [0.2, 0.25) is 5.91 Å². The zero-order valence-corrected chi connectivity index (χ0v) is 45.3. The molecule has 0 aromatic heterocycles. The number of hydrogen-bond donors (Lipinski definition) is 3. The van der Waals surface area contributed by atoms with Crippen LogP contribution in [0.1, 0.15) is 239 Å². The third-order valence-corrected chi connectivity index (χ3v) is 13.2. The van der Waals surface area contributed by atoms with E-state index < -0.39 is 20.0 Å². The molecule has 9 heteroatoms. The van der Waals surface area contributed by atoms with Crippen molar-refractivity contribution in [1.82, 2.24) is 5.32 Å². The number of quaternary nitrogens is 1. The van der Waals surface area contributed by atoms with Crippen LogP contribution in [0.4, 0.5) is 0 Å². The number of likely N-dealkylation sites (N-methyl/N-ethyl adjacent to an activating group) is 1. The average Bonchev–Trinajstić information content (AvgIpc) is 3.29. The van der Waals surface area contributed by atoms with Gasteiger partial charge in [-0.15, -0.1) is 0 Å². The van der Waals surface area contributed by atoms with Gasteiger partial charge in [0.15, 0.2) is 0 Å². The molecule has 0 aliphatic carbocycles. The Morgan fingerprint density at radius 2 is 0.881 bits per heavy atom. The molecule has 0 aliphatic heterocycles. The van der Waals surface area contributed by atoms with Crippen LogP contribution in [0.2, 0.25) is 0 Å². The highest BCUT2D eigenvalue weighted by Crippen LogP contribution is 2.43. The number of nitrogens with zero attached hydrogens (tertiary/aromatic N) is 1. The van der Waals surface area contributed by atoms with E-state index in [0.29, 0.717) is 17.4 Å². The molecule has 0 fully saturated rings. The number of phosphoric acid groups is 1. The summed E-state index contributed by atoms with van der Waals surface area (Å²) in [6.45, 7) is 4.64. The van der Waals surface area contributed by atoms with E-state index in [0.717, 1.165) is 44.9 Å². The lowest BCUT2D eigenvalue weighted by atomic mass is 10.0. The first kappa shape index (κ1) is 64.9. The Hall–Kier alpha value is -2.06. The van der Waals surface area contributed by atoms with Crippen LogP contribution in [0.5, 0.6) is 0 Å². The molecule has 0 aromatic rings. The fourth-order valence-electron chi connectivity index (χ4n) is 7.88. The van der Waals surface area contributed by atoms with Crippen LogP contribution in [0.3, 0.4) is 0 Å². The zero-order chi connectivity index (χ0) is 49.2. The van der Waals surface area contributed by atoms with E-state index in [2.05, 4.69) is 67.8 Å². The third kappa shape index (κ3) is 51.6. The van der Waals surface area contributed by atoms with Gasteiger partial charge in [0.1, 0.15) is 13.2 Å². The lowest BCUT2D eigenvalue weighted by molar-refractivity contribution is -0.870. The van der Waals surface area contributed by atoms with Crippen LogP contribution in [0.15, 0.2) is 72.9 Å². The summed E-state index contributed by atoms with van der Waals surface area (Å²) in [5.41, 5.74) is 0. The minimum atomic E-state index is -4.37. The largest absolute Gasteiger partial charge is 0.472 e. The first-order valence-electron chi connectivity index (χ1n) is 27.8. The maximum Gasteiger partial charge on any atom is 0.472 e. The molecule has 3 unspecified atom stereocenters. The van der Waals surface area contributed by atoms with Gasteiger partial charge < -0.3 is 19.8 Å². The van der Waals surface area contributed by atoms with Crippen molar-refractivity contribution in [3.63, 3.8) is 0 Å². The van der Waals surface area contributed by atoms with E-state index in [1.165, 1.54) is 167 Å². The normalized spacial score (nSPS) is 14.6. The first-order valence-corrected chi connectivity index (χ1v) is 29.3. The van der Waals surface area contributed by atoms with E-state index in [1.54, 1.807) is 12.2 Å². The molecule has 0 heterocycles. The van der Waals surface area contributed by atoms with Crippen LogP contribution in [0.25, 0.3) is 0 Å². The van der Waals surface area contributed by atoms with Gasteiger partial charge in [0.25, 0.3) is 0 Å². The molecule has 3 N–H and O–H groups in total. The summed E-state index contributed by atoms with van der Waals surface area (Å²) in [5, 5.41) is 13.8. The van der Waals surface area contributed by atoms with Crippen molar-refractivity contribution in [2.75, 3.05) is 40.9 Å². The summed E-state index contributed by atoms with van der Waals surface area (Å²) in [5.74, 6) is -0.304. The molecule has 390 valence electrons. The average molecular weight is 960 g/mol. The van der Waals surface area contributed by atoms with Gasteiger partial charge >= 0.3 is 7.82 Å². The molecule has 0 saturated heterocycles. The molecule has 0 bridgehead atoms. The minimum absolute atomic E-state index is 0.0422. The SMILES string of the molecule is CC/C=C\C/C=C\C/C=C\C/C=C\C/C=C\CC(=O)NC(COP(=O)(O)OCC[N+](C)(C)C)C(O)/C=C/CCCCCCCCCCCCCCCCCCCCCCCCCCCCCC. The molecule has 0 aromatic carbocycles. The smallest absolute Gasteiger partial charge is 0.387 e. The Kier molecular flexibility index (Phi) is 47.4. The van der Waals surface area contributed by atoms with Gasteiger partial charge in [0, 0.05) is 6.42 Å². The number of rotatable bonds is 50. The van der Waals surface area contributed by atoms with E-state index in [4.69, 9.17) is 9.05 Å². The van der Waals surface area contributed by atoms with Crippen LogP contribution in [-0.4, -0.2) is 73.4 Å². The summed E-state index contributed by atoms with van der Waals surface area (Å²) in [7, 11) is 1.51. The van der Waals surface area contributed by atoms with Crippen LogP contribution in [-0.2, 0) is 18.4 Å². The highest BCUT2D eigenvalue weighted by molar-refractivity contribution is 7.47. The van der Waals surface area contributed by atoms with Gasteiger partial charge in [-0.3, -0.25) is 13.8 Å². The lowest BCUT2D eigenvalue weighted by Gasteiger charge is -2.25. The predicted octanol–water partition coefficient (Wildman–Crippen LogP) is 16.7. The standard InChI is InChI=1S/C58H107N2O6P/c1-6-8-10-12-14-16-18-20-22-23-24-25-26-27-28-29-30-31-32-33-34-35-36-38-39-41-43-45-47-49-51-57(61)56(55-66-67(63,64)65-54-53-60(3,4)5)59-58(62)52-50-48-46-44-42-40-37-21-19-17-15-13-11-9-7-2/h9,11,15,17,21,37,42,44,48-51,56-57,61H,6-8,10,12-14,16,18-20,22-36,38-41,43,45-47,52-55H2,1-5H3,(H-,59,62,63,64)/p+1/b11-9-,17-15-,37-21-,44-42-,50-48-,51-49+. The summed E-state index contributed by atoms with van der Waals surface area (Å²) in [6, 6.07) is -0.905. The number of aliphatic hydroxyl groups excluding tert-OH is 1. The first-order chi connectivity index (χ1) is 32.5. The van der Waals surface area contributed by atoms with Crippen molar-refractivity contribution in [2.45, 2.75) is 251 Å². The topological polar surface area (TPSA) is 105 Å². The number of nitrogens with one attached hydrogen (secondary N) is 1. The highest BCUT2D eigenvalue weighted by Gasteiger charge is 2.27. The second-order valence-corrected chi connectivity index (χ2v) is 21.4. The summed E-state index contributed by atoms with van der Waals surface area (Å²) < 4.78 is 23.6. The molecule has 0 spiro atoms. The molecule has 0 aliphatic rings. The van der Waals surface area contributed by atoms with Crippen molar-refractivity contribution in [3.05, 3.63) is 72.9 Å². The fourth-order valence-corrected chi connectivity index (χ4v) is 8.61. The van der Waals surface area contributed by atoms with Crippen molar-refractivity contribution in [2.24, 2.45) is 0 Å². The van der Waals surface area contributed by atoms with Gasteiger partial charge in [-0.1, -0.05) is 260 Å². The molecular weight excluding hydrogens is 852 g/mol. The maximum absolute atomic E-state index is 12.9. The van der Waals surface area contributed by atoms with Crippen molar-refractivity contribution < 1.29 is 32.9 Å². The molecule has 67 heavy (non-hydrogen) atoms. The molecule has 0 radical (unpaired) electrons. The van der Waals surface area contributed by atoms with E-state index in [1.807, 2.05) is 33.3 Å². The van der Waals surface area contributed by atoms with E-state index >= 15 is 0 Å². The van der Waals surface area contributed by atoms with Gasteiger partial charge in [0.05, 0.1) is 39.9 Å². The number of allylic oxidation sites excluding steroid dienone is 10. The second-order valence-electron chi connectivity index (χ2n) is 20.0. The number of unbranched alkanes of at least 4 members (excludes halogenated alkanes) is 28. The van der Waals surface area contributed by atoms with E-state index in [9.17, 15) is 19.4 Å². The van der Waals surface area contributed by atoms with Crippen LogP contribution < -0.4 is 5.32 Å². The van der Waals surface area contributed by atoms with Gasteiger partial charge in [-0.2, -0.15) is 0 Å². The zero-order valence-electron chi connectivity index (χ0n) is 44.4. The van der Waals surface area contributed by atoms with E-state index in [-0.39, 0.29) is 25.5 Å². The van der Waals surface area contributed by atoms with Gasteiger partial charge in [-0.25, -0.2) is 4.57 Å². The van der Waals surface area contributed by atoms with Crippen molar-refractivity contribution >= 4 is 13.7 Å². The van der Waals surface area contributed by atoms with Crippen LogP contribution >= 0.6 is 7.82 Å². The molecule has 0 rings (SSSR count). The fraction of sp³-hybridized carbons (Fsp3) is 0.776. The summed E-state index contributed by atoms with van der Waals surface area (Å²) >= 11 is 0. The number of amides is 1. The summed E-state index contributed by atoms with van der Waals surface area (Å²) in [4.78, 5) is 23.1.